The number of nitrogens with two attached hydrogens (primary N) is 1. The van der Waals surface area contributed by atoms with E-state index < -0.39 is 6.04 Å². The summed E-state index contributed by atoms with van der Waals surface area (Å²) in [6.45, 7) is 3.16. The fourth-order valence-corrected chi connectivity index (χ4v) is 1.18. The summed E-state index contributed by atoms with van der Waals surface area (Å²) >= 11 is 0. The number of carbonyl (C=O) groups excluding carboxylic acids is 1. The highest BCUT2D eigenvalue weighted by Gasteiger charge is 2.11. The lowest BCUT2D eigenvalue weighted by atomic mass is 10.0. The lowest BCUT2D eigenvalue weighted by Gasteiger charge is -2.08. The molecule has 0 aliphatic carbocycles. The number of rotatable bonds is 2. The molecule has 0 saturated heterocycles. The average molecular weight is 181 g/mol. The van der Waals surface area contributed by atoms with E-state index in [1.54, 1.807) is 13.0 Å². The maximum absolute atomic E-state index is 12.9. The summed E-state index contributed by atoms with van der Waals surface area (Å²) in [5.74, 6) is -0.517. The highest BCUT2D eigenvalue weighted by atomic mass is 19.1. The molecule has 0 aromatic heterocycles. The lowest BCUT2D eigenvalue weighted by Crippen LogP contribution is -2.18. The van der Waals surface area contributed by atoms with E-state index in [9.17, 15) is 9.18 Å². The standard InChI is InChI=1S/C10H12FNO/c1-6-3-8(5-9(11)4-6)10(12)7(2)13/h3-5,10H,12H2,1-2H3. The fourth-order valence-electron chi connectivity index (χ4n) is 1.18. The highest BCUT2D eigenvalue weighted by molar-refractivity contribution is 5.82. The topological polar surface area (TPSA) is 43.1 Å². The van der Waals surface area contributed by atoms with E-state index in [1.165, 1.54) is 19.1 Å². The monoisotopic (exact) mass is 181 g/mol. The van der Waals surface area contributed by atoms with Gasteiger partial charge in [-0.2, -0.15) is 0 Å². The smallest absolute Gasteiger partial charge is 0.150 e. The van der Waals surface area contributed by atoms with Crippen LogP contribution in [0.25, 0.3) is 0 Å². The van der Waals surface area contributed by atoms with Crippen LogP contribution >= 0.6 is 0 Å². The van der Waals surface area contributed by atoms with Crippen molar-refractivity contribution in [1.29, 1.82) is 0 Å². The number of halogens is 1. The van der Waals surface area contributed by atoms with Crippen molar-refractivity contribution in [3.8, 4) is 0 Å². The first kappa shape index (κ1) is 9.86. The zero-order valence-corrected chi connectivity index (χ0v) is 7.67. The molecule has 1 unspecified atom stereocenters. The Bertz CT molecular complexity index is 315. The van der Waals surface area contributed by atoms with Crippen molar-refractivity contribution in [2.24, 2.45) is 5.73 Å². The van der Waals surface area contributed by atoms with Crippen molar-refractivity contribution in [2.45, 2.75) is 19.9 Å². The molecule has 0 radical (unpaired) electrons. The Labute approximate surface area is 76.6 Å². The van der Waals surface area contributed by atoms with Crippen LogP contribution in [-0.4, -0.2) is 5.78 Å². The number of hydrogen-bond acceptors (Lipinski definition) is 2. The van der Waals surface area contributed by atoms with Crippen molar-refractivity contribution < 1.29 is 9.18 Å². The van der Waals surface area contributed by atoms with Gasteiger partial charge in [-0.25, -0.2) is 4.39 Å². The molecular formula is C10H12FNO. The van der Waals surface area contributed by atoms with E-state index in [0.717, 1.165) is 5.56 Å². The predicted octanol–water partition coefficient (Wildman–Crippen LogP) is 1.72. The predicted molar refractivity (Wildman–Crippen MR) is 48.7 cm³/mol. The average Bonchev–Trinajstić information content (AvgIpc) is 2.01. The molecule has 0 amide bonds. The van der Waals surface area contributed by atoms with Gasteiger partial charge >= 0.3 is 0 Å². The molecule has 0 aliphatic rings. The molecule has 2 nitrogen and oxygen atoms in total. The summed E-state index contributed by atoms with van der Waals surface area (Å²) < 4.78 is 12.9. The molecule has 70 valence electrons. The first-order valence-corrected chi connectivity index (χ1v) is 4.04. The quantitative estimate of drug-likeness (QED) is 0.754. The van der Waals surface area contributed by atoms with Gasteiger partial charge in [0.1, 0.15) is 5.82 Å². The number of Topliss-reactive ketones (excluding diaryl/α,β-unsaturated/α-hetero) is 1. The third-order valence-corrected chi connectivity index (χ3v) is 1.86. The highest BCUT2D eigenvalue weighted by Crippen LogP contribution is 2.15. The zero-order valence-electron chi connectivity index (χ0n) is 7.67. The Hall–Kier alpha value is -1.22. The molecule has 1 atom stereocenters. The van der Waals surface area contributed by atoms with Gasteiger partial charge in [-0.15, -0.1) is 0 Å². The van der Waals surface area contributed by atoms with E-state index in [4.69, 9.17) is 5.73 Å². The second kappa shape index (κ2) is 3.66. The van der Waals surface area contributed by atoms with Crippen molar-refractivity contribution in [1.82, 2.24) is 0 Å². The molecular weight excluding hydrogens is 169 g/mol. The van der Waals surface area contributed by atoms with Crippen LogP contribution in [0.2, 0.25) is 0 Å². The van der Waals surface area contributed by atoms with Crippen molar-refractivity contribution >= 4 is 5.78 Å². The molecule has 0 spiro atoms. The van der Waals surface area contributed by atoms with Crippen molar-refractivity contribution in [2.75, 3.05) is 0 Å². The minimum atomic E-state index is -0.714. The minimum absolute atomic E-state index is 0.162. The van der Waals surface area contributed by atoms with E-state index in [-0.39, 0.29) is 11.6 Å². The van der Waals surface area contributed by atoms with E-state index >= 15 is 0 Å². The van der Waals surface area contributed by atoms with E-state index in [2.05, 4.69) is 0 Å². The second-order valence-corrected chi connectivity index (χ2v) is 3.15. The Kier molecular flexibility index (Phi) is 2.78. The van der Waals surface area contributed by atoms with Gasteiger partial charge in [0.25, 0.3) is 0 Å². The van der Waals surface area contributed by atoms with Gasteiger partial charge in [-0.1, -0.05) is 6.07 Å². The third kappa shape index (κ3) is 2.36. The summed E-state index contributed by atoms with van der Waals surface area (Å²) in [6.07, 6.45) is 0. The number of benzene rings is 1. The molecule has 0 fully saturated rings. The summed E-state index contributed by atoms with van der Waals surface area (Å²) in [5, 5.41) is 0. The number of hydrogen-bond donors (Lipinski definition) is 1. The SMILES string of the molecule is CC(=O)C(N)c1cc(C)cc(F)c1. The van der Waals surface area contributed by atoms with Crippen LogP contribution in [0.3, 0.4) is 0 Å². The largest absolute Gasteiger partial charge is 0.318 e. The molecule has 0 heterocycles. The van der Waals surface area contributed by atoms with Crippen LogP contribution in [0.15, 0.2) is 18.2 Å². The Balaban J connectivity index is 3.07. The van der Waals surface area contributed by atoms with Gasteiger partial charge in [0.05, 0.1) is 6.04 Å². The first-order valence-electron chi connectivity index (χ1n) is 4.04. The maximum atomic E-state index is 12.9. The molecule has 1 rings (SSSR count). The third-order valence-electron chi connectivity index (χ3n) is 1.86. The van der Waals surface area contributed by atoms with Gasteiger partial charge in [-0.3, -0.25) is 4.79 Å². The van der Waals surface area contributed by atoms with Gasteiger partial charge < -0.3 is 5.73 Å². The van der Waals surface area contributed by atoms with Crippen LogP contribution in [-0.2, 0) is 4.79 Å². The maximum Gasteiger partial charge on any atom is 0.150 e. The van der Waals surface area contributed by atoms with Gasteiger partial charge in [0, 0.05) is 0 Å². The Morgan fingerprint density at radius 2 is 2.08 bits per heavy atom. The second-order valence-electron chi connectivity index (χ2n) is 3.15. The molecule has 13 heavy (non-hydrogen) atoms. The molecule has 1 aromatic rings. The molecule has 1 aromatic carbocycles. The first-order chi connectivity index (χ1) is 6.00. The number of ketones is 1. The fraction of sp³-hybridized carbons (Fsp3) is 0.300. The van der Waals surface area contributed by atoms with Crippen LogP contribution in [0, 0.1) is 12.7 Å². The number of aryl methyl sites for hydroxylation is 1. The Morgan fingerprint density at radius 1 is 1.46 bits per heavy atom. The van der Waals surface area contributed by atoms with Crippen LogP contribution < -0.4 is 5.73 Å². The minimum Gasteiger partial charge on any atom is -0.318 e. The van der Waals surface area contributed by atoms with Crippen LogP contribution in [0.1, 0.15) is 24.1 Å². The van der Waals surface area contributed by atoms with Crippen molar-refractivity contribution in [3.05, 3.63) is 35.1 Å². The molecule has 3 heteroatoms. The normalized spacial score (nSPS) is 12.6. The van der Waals surface area contributed by atoms with Gasteiger partial charge in [0.2, 0.25) is 0 Å². The van der Waals surface area contributed by atoms with E-state index in [1.807, 2.05) is 0 Å². The molecule has 0 aliphatic heterocycles. The lowest BCUT2D eigenvalue weighted by molar-refractivity contribution is -0.118. The molecule has 0 bridgehead atoms. The van der Waals surface area contributed by atoms with Gasteiger partial charge in [0.15, 0.2) is 5.78 Å². The van der Waals surface area contributed by atoms with Crippen LogP contribution in [0.4, 0.5) is 4.39 Å². The molecule has 0 saturated carbocycles. The van der Waals surface area contributed by atoms with Crippen molar-refractivity contribution in [3.63, 3.8) is 0 Å². The summed E-state index contributed by atoms with van der Waals surface area (Å²) in [7, 11) is 0. The molecule has 2 N–H and O–H groups in total. The van der Waals surface area contributed by atoms with E-state index in [0.29, 0.717) is 5.56 Å². The summed E-state index contributed by atoms with van der Waals surface area (Å²) in [4.78, 5) is 10.9. The zero-order chi connectivity index (χ0) is 10.0. The summed E-state index contributed by atoms with van der Waals surface area (Å²) in [5.41, 5.74) is 6.86. The van der Waals surface area contributed by atoms with Crippen LogP contribution in [0.5, 0.6) is 0 Å². The summed E-state index contributed by atoms with van der Waals surface area (Å²) in [6, 6.07) is 3.69. The van der Waals surface area contributed by atoms with Gasteiger partial charge in [-0.05, 0) is 37.1 Å². The Morgan fingerprint density at radius 3 is 2.54 bits per heavy atom. The number of carbonyl (C=O) groups is 1.